The van der Waals surface area contributed by atoms with E-state index in [9.17, 15) is 9.59 Å². The molecule has 0 aliphatic heterocycles. The SMILES string of the molecule is COC(=O)[C@@H](Cc1cccc(C#N)c1)NC(=O)c1cccc(Br)c1. The molecular formula is C18H15BrN2O3. The van der Waals surface area contributed by atoms with E-state index in [1.54, 1.807) is 42.5 Å². The van der Waals surface area contributed by atoms with E-state index in [1.165, 1.54) is 7.11 Å². The number of hydrogen-bond donors (Lipinski definition) is 1. The maximum Gasteiger partial charge on any atom is 0.328 e. The summed E-state index contributed by atoms with van der Waals surface area (Å²) in [5.74, 6) is -0.913. The molecule has 2 rings (SSSR count). The van der Waals surface area contributed by atoms with Crippen molar-refractivity contribution in [3.8, 4) is 6.07 Å². The molecule has 0 saturated heterocycles. The number of amides is 1. The highest BCUT2D eigenvalue weighted by atomic mass is 79.9. The van der Waals surface area contributed by atoms with Gasteiger partial charge < -0.3 is 10.1 Å². The highest BCUT2D eigenvalue weighted by Gasteiger charge is 2.22. The normalized spacial score (nSPS) is 11.2. The fourth-order valence-electron chi connectivity index (χ4n) is 2.21. The van der Waals surface area contributed by atoms with Gasteiger partial charge in [-0.2, -0.15) is 5.26 Å². The molecule has 2 aromatic rings. The van der Waals surface area contributed by atoms with Gasteiger partial charge in [-0.1, -0.05) is 34.1 Å². The molecule has 0 saturated carbocycles. The van der Waals surface area contributed by atoms with Crippen LogP contribution in [0.15, 0.2) is 53.0 Å². The van der Waals surface area contributed by atoms with E-state index in [0.29, 0.717) is 11.1 Å². The van der Waals surface area contributed by atoms with Gasteiger partial charge in [0.25, 0.3) is 5.91 Å². The average molecular weight is 387 g/mol. The fraction of sp³-hybridized carbons (Fsp3) is 0.167. The molecule has 0 radical (unpaired) electrons. The third kappa shape index (κ3) is 4.67. The Balaban J connectivity index is 2.18. The summed E-state index contributed by atoms with van der Waals surface area (Å²) in [5.41, 5.74) is 1.69. The lowest BCUT2D eigenvalue weighted by atomic mass is 10.0. The van der Waals surface area contributed by atoms with Gasteiger partial charge in [-0.25, -0.2) is 4.79 Å². The number of esters is 1. The van der Waals surface area contributed by atoms with E-state index >= 15 is 0 Å². The molecule has 1 atom stereocenters. The number of nitrogens with zero attached hydrogens (tertiary/aromatic N) is 1. The van der Waals surface area contributed by atoms with Gasteiger partial charge >= 0.3 is 5.97 Å². The van der Waals surface area contributed by atoms with Crippen molar-refractivity contribution >= 4 is 27.8 Å². The smallest absolute Gasteiger partial charge is 0.328 e. The maximum atomic E-state index is 12.3. The van der Waals surface area contributed by atoms with Crippen molar-refractivity contribution in [3.63, 3.8) is 0 Å². The number of carbonyl (C=O) groups is 2. The zero-order valence-corrected chi connectivity index (χ0v) is 14.5. The van der Waals surface area contributed by atoms with Gasteiger partial charge in [0.15, 0.2) is 0 Å². The first kappa shape index (κ1) is 17.7. The van der Waals surface area contributed by atoms with Crippen molar-refractivity contribution in [3.05, 3.63) is 69.7 Å². The summed E-state index contributed by atoms with van der Waals surface area (Å²) < 4.78 is 5.54. The number of halogens is 1. The zero-order valence-electron chi connectivity index (χ0n) is 13.0. The van der Waals surface area contributed by atoms with Gasteiger partial charge in [0.05, 0.1) is 18.7 Å². The predicted octanol–water partition coefficient (Wildman–Crippen LogP) is 2.83. The largest absolute Gasteiger partial charge is 0.467 e. The van der Waals surface area contributed by atoms with Gasteiger partial charge in [0.2, 0.25) is 0 Å². The second-order valence-corrected chi connectivity index (χ2v) is 5.99. The Kier molecular flexibility index (Phi) is 6.10. The molecule has 0 spiro atoms. The Hall–Kier alpha value is -2.65. The van der Waals surface area contributed by atoms with Crippen molar-refractivity contribution in [1.82, 2.24) is 5.32 Å². The van der Waals surface area contributed by atoms with Crippen LogP contribution < -0.4 is 5.32 Å². The summed E-state index contributed by atoms with van der Waals surface area (Å²) >= 11 is 3.31. The minimum absolute atomic E-state index is 0.238. The topological polar surface area (TPSA) is 79.2 Å². The lowest BCUT2D eigenvalue weighted by Gasteiger charge is -2.17. The molecule has 0 unspecified atom stereocenters. The average Bonchev–Trinajstić information content (AvgIpc) is 2.60. The molecule has 5 nitrogen and oxygen atoms in total. The van der Waals surface area contributed by atoms with Gasteiger partial charge in [0, 0.05) is 16.5 Å². The molecular weight excluding hydrogens is 372 g/mol. The molecule has 0 aliphatic rings. The van der Waals surface area contributed by atoms with Crippen molar-refractivity contribution in [2.75, 3.05) is 7.11 Å². The maximum absolute atomic E-state index is 12.3. The van der Waals surface area contributed by atoms with E-state index in [-0.39, 0.29) is 12.3 Å². The van der Waals surface area contributed by atoms with Crippen LogP contribution in [0, 0.1) is 11.3 Å². The van der Waals surface area contributed by atoms with E-state index in [0.717, 1.165) is 10.0 Å². The third-order valence-electron chi connectivity index (χ3n) is 3.37. The molecule has 6 heteroatoms. The molecule has 0 heterocycles. The molecule has 1 amide bonds. The summed E-state index contributed by atoms with van der Waals surface area (Å²) in [4.78, 5) is 24.3. The highest BCUT2D eigenvalue weighted by Crippen LogP contribution is 2.13. The van der Waals surface area contributed by atoms with Crippen LogP contribution in [-0.4, -0.2) is 25.0 Å². The standard InChI is InChI=1S/C18H15BrN2O3/c1-24-18(23)16(9-12-4-2-5-13(8-12)11-20)21-17(22)14-6-3-7-15(19)10-14/h2-8,10,16H,9H2,1H3,(H,21,22)/t16-/m1/s1. The summed E-state index contributed by atoms with van der Waals surface area (Å²) in [7, 11) is 1.27. The molecule has 1 N–H and O–H groups in total. The molecule has 0 bridgehead atoms. The Labute approximate surface area is 148 Å². The summed E-state index contributed by atoms with van der Waals surface area (Å²) in [6, 6.07) is 15.0. The second kappa shape index (κ2) is 8.27. The van der Waals surface area contributed by atoms with Crippen LogP contribution in [0.5, 0.6) is 0 Å². The van der Waals surface area contributed by atoms with Gasteiger partial charge in [0.1, 0.15) is 6.04 Å². The quantitative estimate of drug-likeness (QED) is 0.801. The molecule has 122 valence electrons. The van der Waals surface area contributed by atoms with Crippen molar-refractivity contribution in [2.45, 2.75) is 12.5 Å². The number of benzene rings is 2. The molecule has 0 aliphatic carbocycles. The predicted molar refractivity (Wildman–Crippen MR) is 92.3 cm³/mol. The van der Waals surface area contributed by atoms with Crippen LogP contribution in [0.25, 0.3) is 0 Å². The monoisotopic (exact) mass is 386 g/mol. The van der Waals surface area contributed by atoms with Crippen LogP contribution in [-0.2, 0) is 16.0 Å². The number of carbonyl (C=O) groups excluding carboxylic acids is 2. The van der Waals surface area contributed by atoms with Crippen LogP contribution >= 0.6 is 15.9 Å². The number of nitrogens with one attached hydrogen (secondary N) is 1. The Morgan fingerprint density at radius 3 is 2.67 bits per heavy atom. The van der Waals surface area contributed by atoms with E-state index in [1.807, 2.05) is 12.1 Å². The number of nitriles is 1. The number of hydrogen-bond acceptors (Lipinski definition) is 4. The molecule has 0 aromatic heterocycles. The van der Waals surface area contributed by atoms with Crippen LogP contribution in [0.3, 0.4) is 0 Å². The minimum atomic E-state index is -0.838. The van der Waals surface area contributed by atoms with Crippen LogP contribution in [0.1, 0.15) is 21.5 Å². The van der Waals surface area contributed by atoms with Crippen molar-refractivity contribution < 1.29 is 14.3 Å². The van der Waals surface area contributed by atoms with Crippen LogP contribution in [0.4, 0.5) is 0 Å². The van der Waals surface area contributed by atoms with Crippen LogP contribution in [0.2, 0.25) is 0 Å². The van der Waals surface area contributed by atoms with Gasteiger partial charge in [-0.3, -0.25) is 4.79 Å². The Morgan fingerprint density at radius 1 is 1.25 bits per heavy atom. The number of ether oxygens (including phenoxy) is 1. The van der Waals surface area contributed by atoms with Gasteiger partial charge in [-0.05, 0) is 35.9 Å². The summed E-state index contributed by atoms with van der Waals surface area (Å²) in [6.07, 6.45) is 0.238. The van der Waals surface area contributed by atoms with E-state index in [2.05, 4.69) is 21.2 Å². The molecule has 24 heavy (non-hydrogen) atoms. The first-order valence-corrected chi connectivity index (χ1v) is 7.96. The Morgan fingerprint density at radius 2 is 2.00 bits per heavy atom. The van der Waals surface area contributed by atoms with E-state index < -0.39 is 12.0 Å². The van der Waals surface area contributed by atoms with Gasteiger partial charge in [-0.15, -0.1) is 0 Å². The zero-order chi connectivity index (χ0) is 17.5. The summed E-state index contributed by atoms with van der Waals surface area (Å²) in [5, 5.41) is 11.6. The molecule has 2 aromatic carbocycles. The second-order valence-electron chi connectivity index (χ2n) is 5.08. The van der Waals surface area contributed by atoms with Crippen molar-refractivity contribution in [2.24, 2.45) is 0 Å². The highest BCUT2D eigenvalue weighted by molar-refractivity contribution is 9.10. The Bertz CT molecular complexity index is 799. The lowest BCUT2D eigenvalue weighted by Crippen LogP contribution is -2.43. The first-order chi connectivity index (χ1) is 11.5. The number of rotatable bonds is 5. The lowest BCUT2D eigenvalue weighted by molar-refractivity contribution is -0.142. The minimum Gasteiger partial charge on any atom is -0.467 e. The third-order valence-corrected chi connectivity index (χ3v) is 3.87. The summed E-state index contributed by atoms with van der Waals surface area (Å²) in [6.45, 7) is 0. The number of methoxy groups -OCH3 is 1. The fourth-order valence-corrected chi connectivity index (χ4v) is 2.61. The molecule has 0 fully saturated rings. The first-order valence-electron chi connectivity index (χ1n) is 7.17. The van der Waals surface area contributed by atoms with E-state index in [4.69, 9.17) is 10.00 Å². The van der Waals surface area contributed by atoms with Crippen molar-refractivity contribution in [1.29, 1.82) is 5.26 Å².